The van der Waals surface area contributed by atoms with Crippen molar-refractivity contribution in [2.45, 2.75) is 13.8 Å². The van der Waals surface area contributed by atoms with Gasteiger partial charge in [0.25, 0.3) is 0 Å². The van der Waals surface area contributed by atoms with Gasteiger partial charge in [-0.2, -0.15) is 0 Å². The zero-order valence-electron chi connectivity index (χ0n) is 6.69. The molecule has 0 fully saturated rings. The number of hydrogen-bond acceptors (Lipinski definition) is 3. The van der Waals surface area contributed by atoms with E-state index in [0.717, 1.165) is 0 Å². The average Bonchev–Trinajstić information content (AvgIpc) is 2.02. The summed E-state index contributed by atoms with van der Waals surface area (Å²) in [5, 5.41) is 0. The van der Waals surface area contributed by atoms with Crippen LogP contribution in [0.4, 0.5) is 0 Å². The lowest BCUT2D eigenvalue weighted by Crippen LogP contribution is -2.12. The molecule has 0 aromatic carbocycles. The van der Waals surface area contributed by atoms with Crippen LogP contribution >= 0.6 is 11.6 Å². The van der Waals surface area contributed by atoms with E-state index in [4.69, 9.17) is 22.1 Å². The molecule has 3 nitrogen and oxygen atoms in total. The smallest absolute Gasteiger partial charge is 0.335 e. The molecule has 0 bridgehead atoms. The van der Waals surface area contributed by atoms with Gasteiger partial charge in [0.1, 0.15) is 0 Å². The fourth-order valence-electron chi connectivity index (χ4n) is 0.471. The summed E-state index contributed by atoms with van der Waals surface area (Å²) >= 11 is 5.40. The highest BCUT2D eigenvalue weighted by molar-refractivity contribution is 6.19. The summed E-state index contributed by atoms with van der Waals surface area (Å²) in [4.78, 5) is 10.9. The van der Waals surface area contributed by atoms with Crippen LogP contribution in [0.1, 0.15) is 13.8 Å². The normalized spacial score (nSPS) is 12.3. The Morgan fingerprint density at radius 1 is 1.64 bits per heavy atom. The first-order valence-electron chi connectivity index (χ1n) is 3.31. The van der Waals surface area contributed by atoms with Crippen molar-refractivity contribution in [3.05, 3.63) is 11.3 Å². The lowest BCUT2D eigenvalue weighted by atomic mass is 10.2. The topological polar surface area (TPSA) is 52.3 Å². The fourth-order valence-corrected chi connectivity index (χ4v) is 0.671. The maximum absolute atomic E-state index is 10.9. The number of halogens is 1. The average molecular weight is 178 g/mol. The first kappa shape index (κ1) is 10.3. The molecule has 0 saturated heterocycles. The Hall–Kier alpha value is -0.700. The first-order valence-corrected chi connectivity index (χ1v) is 3.85. The van der Waals surface area contributed by atoms with E-state index in [1.54, 1.807) is 13.8 Å². The van der Waals surface area contributed by atoms with Crippen LogP contribution in [0.5, 0.6) is 0 Å². The number of ether oxygens (including phenoxy) is 1. The molecule has 2 N–H and O–H groups in total. The molecule has 0 aliphatic heterocycles. The van der Waals surface area contributed by atoms with Crippen molar-refractivity contribution in [1.29, 1.82) is 0 Å². The van der Waals surface area contributed by atoms with Gasteiger partial charge >= 0.3 is 5.97 Å². The fraction of sp³-hybridized carbons (Fsp3) is 0.571. The monoisotopic (exact) mass is 177 g/mol. The zero-order chi connectivity index (χ0) is 8.85. The molecule has 11 heavy (non-hydrogen) atoms. The summed E-state index contributed by atoms with van der Waals surface area (Å²) in [6, 6.07) is 0. The third-order valence-electron chi connectivity index (χ3n) is 1.21. The van der Waals surface area contributed by atoms with E-state index in [2.05, 4.69) is 0 Å². The molecule has 0 atom stereocenters. The largest absolute Gasteiger partial charge is 0.463 e. The van der Waals surface area contributed by atoms with Crippen molar-refractivity contribution in [3.8, 4) is 0 Å². The summed E-state index contributed by atoms with van der Waals surface area (Å²) in [6.07, 6.45) is 0. The molecule has 4 heteroatoms. The predicted octanol–water partition coefficient (Wildman–Crippen LogP) is 1.02. The molecular formula is C7H12ClNO2. The van der Waals surface area contributed by atoms with Crippen LogP contribution in [0.25, 0.3) is 0 Å². The Balaban J connectivity index is 4.22. The number of alkyl halides is 1. The summed E-state index contributed by atoms with van der Waals surface area (Å²) < 4.78 is 4.69. The van der Waals surface area contributed by atoms with Crippen LogP contribution in [0, 0.1) is 0 Å². The standard InChI is InChI=1S/C7H12ClNO2/c1-3-11-7(10)5(2)6(9)4-8/h3-4,9H2,1-2H3. The lowest BCUT2D eigenvalue weighted by molar-refractivity contribution is -0.138. The SMILES string of the molecule is CCOC(=O)C(C)=C(N)CCl. The van der Waals surface area contributed by atoms with Crippen LogP contribution in [0.3, 0.4) is 0 Å². The van der Waals surface area contributed by atoms with Gasteiger partial charge in [-0.15, -0.1) is 11.6 Å². The van der Waals surface area contributed by atoms with Crippen molar-refractivity contribution < 1.29 is 9.53 Å². The van der Waals surface area contributed by atoms with Crippen LogP contribution in [0.15, 0.2) is 11.3 Å². The van der Waals surface area contributed by atoms with E-state index < -0.39 is 5.97 Å². The molecule has 0 aliphatic carbocycles. The summed E-state index contributed by atoms with van der Waals surface area (Å²) in [7, 11) is 0. The maximum atomic E-state index is 10.9. The van der Waals surface area contributed by atoms with Crippen LogP contribution in [-0.4, -0.2) is 18.5 Å². The minimum Gasteiger partial charge on any atom is -0.463 e. The number of nitrogens with two attached hydrogens (primary N) is 1. The van der Waals surface area contributed by atoms with E-state index in [0.29, 0.717) is 17.9 Å². The van der Waals surface area contributed by atoms with E-state index >= 15 is 0 Å². The number of allylic oxidation sites excluding steroid dienone is 1. The van der Waals surface area contributed by atoms with Crippen molar-refractivity contribution in [1.82, 2.24) is 0 Å². The highest BCUT2D eigenvalue weighted by atomic mass is 35.5. The van der Waals surface area contributed by atoms with E-state index in [1.807, 2.05) is 0 Å². The van der Waals surface area contributed by atoms with Gasteiger partial charge in [-0.25, -0.2) is 4.79 Å². The van der Waals surface area contributed by atoms with Crippen LogP contribution in [-0.2, 0) is 9.53 Å². The molecule has 0 radical (unpaired) electrons. The summed E-state index contributed by atoms with van der Waals surface area (Å²) in [5.74, 6) is -0.240. The second-order valence-corrected chi connectivity index (χ2v) is 2.27. The molecular weight excluding hydrogens is 166 g/mol. The highest BCUT2D eigenvalue weighted by Gasteiger charge is 2.07. The third kappa shape index (κ3) is 3.28. The number of esters is 1. The number of carbonyl (C=O) groups excluding carboxylic acids is 1. The number of hydrogen-bond donors (Lipinski definition) is 1. The predicted molar refractivity (Wildman–Crippen MR) is 44.2 cm³/mol. The maximum Gasteiger partial charge on any atom is 0.335 e. The molecule has 64 valence electrons. The summed E-state index contributed by atoms with van der Waals surface area (Å²) in [6.45, 7) is 3.68. The van der Waals surface area contributed by atoms with Gasteiger partial charge in [0.05, 0.1) is 18.1 Å². The van der Waals surface area contributed by atoms with Gasteiger partial charge < -0.3 is 10.5 Å². The van der Waals surface area contributed by atoms with Gasteiger partial charge in [-0.3, -0.25) is 0 Å². The molecule has 0 aromatic heterocycles. The molecule has 0 unspecified atom stereocenters. The van der Waals surface area contributed by atoms with Crippen molar-refractivity contribution in [2.24, 2.45) is 5.73 Å². The third-order valence-corrected chi connectivity index (χ3v) is 1.50. The van der Waals surface area contributed by atoms with Gasteiger partial charge in [0.15, 0.2) is 0 Å². The van der Waals surface area contributed by atoms with Crippen molar-refractivity contribution in [3.63, 3.8) is 0 Å². The molecule has 0 amide bonds. The van der Waals surface area contributed by atoms with Crippen molar-refractivity contribution in [2.75, 3.05) is 12.5 Å². The minimum atomic E-state index is -0.398. The molecule has 0 spiro atoms. The van der Waals surface area contributed by atoms with Gasteiger partial charge in [0, 0.05) is 5.70 Å². The minimum absolute atomic E-state index is 0.157. The zero-order valence-corrected chi connectivity index (χ0v) is 7.44. The summed E-state index contributed by atoms with van der Waals surface area (Å²) in [5.41, 5.74) is 6.15. The second-order valence-electron chi connectivity index (χ2n) is 2.00. The lowest BCUT2D eigenvalue weighted by Gasteiger charge is -2.03. The Morgan fingerprint density at radius 2 is 2.18 bits per heavy atom. The molecule has 0 heterocycles. The molecule has 0 saturated carbocycles. The Kier molecular flexibility index (Phi) is 4.70. The van der Waals surface area contributed by atoms with E-state index in [-0.39, 0.29) is 5.88 Å². The Labute approximate surface area is 71.2 Å². The quantitative estimate of drug-likeness (QED) is 0.398. The molecule has 0 aromatic rings. The molecule has 0 aliphatic rings. The second kappa shape index (κ2) is 5.02. The van der Waals surface area contributed by atoms with Gasteiger partial charge in [-0.05, 0) is 13.8 Å². The Bertz CT molecular complexity index is 177. The highest BCUT2D eigenvalue weighted by Crippen LogP contribution is 2.02. The van der Waals surface area contributed by atoms with Crippen LogP contribution < -0.4 is 5.73 Å². The number of carbonyl (C=O) groups is 1. The van der Waals surface area contributed by atoms with Crippen molar-refractivity contribution >= 4 is 17.6 Å². The molecule has 0 rings (SSSR count). The van der Waals surface area contributed by atoms with E-state index in [1.165, 1.54) is 0 Å². The van der Waals surface area contributed by atoms with Crippen LogP contribution in [0.2, 0.25) is 0 Å². The first-order chi connectivity index (χ1) is 5.13. The van der Waals surface area contributed by atoms with E-state index in [9.17, 15) is 4.79 Å². The van der Waals surface area contributed by atoms with Gasteiger partial charge in [-0.1, -0.05) is 0 Å². The van der Waals surface area contributed by atoms with Gasteiger partial charge in [0.2, 0.25) is 0 Å². The Morgan fingerprint density at radius 3 is 2.55 bits per heavy atom. The number of rotatable bonds is 3.